The van der Waals surface area contributed by atoms with Crippen LogP contribution in [0.25, 0.3) is 21.5 Å². The van der Waals surface area contributed by atoms with Crippen molar-refractivity contribution in [2.75, 3.05) is 35.0 Å². The van der Waals surface area contributed by atoms with E-state index in [0.717, 1.165) is 27.1 Å². The van der Waals surface area contributed by atoms with Crippen LogP contribution in [0, 0.1) is 0 Å². The van der Waals surface area contributed by atoms with E-state index in [0.29, 0.717) is 29.4 Å². The molecular formula is C20H22O5. The standard InChI is InChI=1S/C20H22O5/c1-22-16-9-12-5-6-14-13(7-8-21)10-18(24-3)20(25-4)19(14)15(12)11-17(16)23-2/h5-6,9-11,21H,7-8H2,1-4H3. The van der Waals surface area contributed by atoms with E-state index in [1.54, 1.807) is 28.4 Å². The molecule has 25 heavy (non-hydrogen) atoms. The Bertz CT molecular complexity index is 917. The van der Waals surface area contributed by atoms with Crippen molar-refractivity contribution in [3.63, 3.8) is 0 Å². The van der Waals surface area contributed by atoms with Gasteiger partial charge in [-0.1, -0.05) is 12.1 Å². The largest absolute Gasteiger partial charge is 0.493 e. The average molecular weight is 342 g/mol. The van der Waals surface area contributed by atoms with Crippen molar-refractivity contribution in [3.8, 4) is 23.0 Å². The highest BCUT2D eigenvalue weighted by Crippen LogP contribution is 2.44. The fourth-order valence-electron chi connectivity index (χ4n) is 3.27. The summed E-state index contributed by atoms with van der Waals surface area (Å²) in [6, 6.07) is 9.88. The Morgan fingerprint density at radius 1 is 0.760 bits per heavy atom. The summed E-state index contributed by atoms with van der Waals surface area (Å²) in [5.74, 6) is 2.63. The minimum absolute atomic E-state index is 0.0640. The van der Waals surface area contributed by atoms with Crippen LogP contribution in [0.15, 0.2) is 30.3 Å². The van der Waals surface area contributed by atoms with Gasteiger partial charge in [0.25, 0.3) is 0 Å². The van der Waals surface area contributed by atoms with Crippen molar-refractivity contribution in [1.29, 1.82) is 0 Å². The molecule has 0 aliphatic heterocycles. The van der Waals surface area contributed by atoms with Gasteiger partial charge in [-0.15, -0.1) is 0 Å². The van der Waals surface area contributed by atoms with E-state index < -0.39 is 0 Å². The molecule has 132 valence electrons. The third kappa shape index (κ3) is 2.81. The maximum Gasteiger partial charge on any atom is 0.169 e. The minimum atomic E-state index is 0.0640. The molecule has 0 saturated carbocycles. The molecule has 0 unspecified atom stereocenters. The normalized spacial score (nSPS) is 10.9. The number of ether oxygens (including phenoxy) is 4. The van der Waals surface area contributed by atoms with Crippen LogP contribution in [0.4, 0.5) is 0 Å². The van der Waals surface area contributed by atoms with Crippen LogP contribution >= 0.6 is 0 Å². The maximum atomic E-state index is 9.42. The summed E-state index contributed by atoms with van der Waals surface area (Å²) < 4.78 is 22.1. The summed E-state index contributed by atoms with van der Waals surface area (Å²) in [6.45, 7) is 0.0640. The number of benzene rings is 3. The first-order valence-electron chi connectivity index (χ1n) is 8.01. The SMILES string of the molecule is COc1cc2ccc3c(CCO)cc(OC)c(OC)c3c2cc1OC. The molecule has 0 radical (unpaired) electrons. The Labute approximate surface area is 146 Å². The first-order valence-corrected chi connectivity index (χ1v) is 8.01. The van der Waals surface area contributed by atoms with Crippen LogP contribution in [0.1, 0.15) is 5.56 Å². The molecule has 0 amide bonds. The van der Waals surface area contributed by atoms with Crippen molar-refractivity contribution in [2.45, 2.75) is 6.42 Å². The van der Waals surface area contributed by atoms with Gasteiger partial charge in [0.1, 0.15) is 0 Å². The Morgan fingerprint density at radius 2 is 1.44 bits per heavy atom. The Balaban J connectivity index is 2.49. The fourth-order valence-corrected chi connectivity index (χ4v) is 3.27. The number of aliphatic hydroxyl groups excluding tert-OH is 1. The van der Waals surface area contributed by atoms with E-state index in [2.05, 4.69) is 0 Å². The van der Waals surface area contributed by atoms with Gasteiger partial charge in [-0.3, -0.25) is 0 Å². The van der Waals surface area contributed by atoms with Gasteiger partial charge in [-0.05, 0) is 46.3 Å². The third-order valence-corrected chi connectivity index (χ3v) is 4.43. The quantitative estimate of drug-likeness (QED) is 0.694. The summed E-state index contributed by atoms with van der Waals surface area (Å²) in [4.78, 5) is 0. The van der Waals surface area contributed by atoms with Crippen LogP contribution in [0.5, 0.6) is 23.0 Å². The Kier molecular flexibility index (Phi) is 4.86. The van der Waals surface area contributed by atoms with Gasteiger partial charge >= 0.3 is 0 Å². The van der Waals surface area contributed by atoms with Gasteiger partial charge in [-0.2, -0.15) is 0 Å². The average Bonchev–Trinajstić information content (AvgIpc) is 2.66. The Hall–Kier alpha value is -2.66. The molecular weight excluding hydrogens is 320 g/mol. The van der Waals surface area contributed by atoms with E-state index in [4.69, 9.17) is 18.9 Å². The summed E-state index contributed by atoms with van der Waals surface area (Å²) in [6.07, 6.45) is 0.537. The van der Waals surface area contributed by atoms with Crippen LogP contribution in [-0.2, 0) is 6.42 Å². The molecule has 0 atom stereocenters. The van der Waals surface area contributed by atoms with Gasteiger partial charge in [-0.25, -0.2) is 0 Å². The van der Waals surface area contributed by atoms with Gasteiger partial charge in [0.2, 0.25) is 0 Å². The van der Waals surface area contributed by atoms with Gasteiger partial charge in [0.05, 0.1) is 28.4 Å². The zero-order valence-corrected chi connectivity index (χ0v) is 14.9. The van der Waals surface area contributed by atoms with Crippen LogP contribution in [-0.4, -0.2) is 40.2 Å². The predicted molar refractivity (Wildman–Crippen MR) is 98.5 cm³/mol. The first-order chi connectivity index (χ1) is 12.2. The summed E-state index contributed by atoms with van der Waals surface area (Å²) >= 11 is 0. The van der Waals surface area contributed by atoms with Crippen molar-refractivity contribution >= 4 is 21.5 Å². The van der Waals surface area contributed by atoms with Gasteiger partial charge in [0, 0.05) is 12.0 Å². The highest BCUT2D eigenvalue weighted by atomic mass is 16.5. The summed E-state index contributed by atoms with van der Waals surface area (Å²) in [5.41, 5.74) is 1.01. The number of hydrogen-bond donors (Lipinski definition) is 1. The second kappa shape index (κ2) is 7.07. The number of fused-ring (bicyclic) bond motifs is 3. The van der Waals surface area contributed by atoms with Crippen LogP contribution < -0.4 is 18.9 Å². The van der Waals surface area contributed by atoms with E-state index in [9.17, 15) is 5.11 Å². The zero-order chi connectivity index (χ0) is 18.0. The van der Waals surface area contributed by atoms with Crippen LogP contribution in [0.3, 0.4) is 0 Å². The van der Waals surface area contributed by atoms with E-state index in [1.165, 1.54) is 0 Å². The summed E-state index contributed by atoms with van der Waals surface area (Å²) in [7, 11) is 6.47. The van der Waals surface area contributed by atoms with Crippen molar-refractivity contribution < 1.29 is 24.1 Å². The highest BCUT2D eigenvalue weighted by Gasteiger charge is 2.17. The van der Waals surface area contributed by atoms with E-state index >= 15 is 0 Å². The van der Waals surface area contributed by atoms with Gasteiger partial charge < -0.3 is 24.1 Å². The van der Waals surface area contributed by atoms with Crippen LogP contribution in [0.2, 0.25) is 0 Å². The van der Waals surface area contributed by atoms with Crippen molar-refractivity contribution in [1.82, 2.24) is 0 Å². The summed E-state index contributed by atoms with van der Waals surface area (Å²) in [5, 5.41) is 13.4. The zero-order valence-electron chi connectivity index (χ0n) is 14.9. The van der Waals surface area contributed by atoms with Crippen molar-refractivity contribution in [2.24, 2.45) is 0 Å². The lowest BCUT2D eigenvalue weighted by molar-refractivity contribution is 0.299. The molecule has 3 aromatic carbocycles. The molecule has 0 spiro atoms. The topological polar surface area (TPSA) is 57.2 Å². The van der Waals surface area contributed by atoms with E-state index in [-0.39, 0.29) is 6.61 Å². The molecule has 0 fully saturated rings. The third-order valence-electron chi connectivity index (χ3n) is 4.43. The number of hydrogen-bond acceptors (Lipinski definition) is 5. The number of rotatable bonds is 6. The maximum absolute atomic E-state index is 9.42. The fraction of sp³-hybridized carbons (Fsp3) is 0.300. The number of aliphatic hydroxyl groups is 1. The highest BCUT2D eigenvalue weighted by molar-refractivity contribution is 6.13. The molecule has 3 aromatic rings. The molecule has 0 aliphatic carbocycles. The number of methoxy groups -OCH3 is 4. The first kappa shape index (κ1) is 17.2. The molecule has 3 rings (SSSR count). The van der Waals surface area contributed by atoms with Gasteiger partial charge in [0.15, 0.2) is 23.0 Å². The molecule has 0 aliphatic rings. The molecule has 0 heterocycles. The molecule has 0 aromatic heterocycles. The van der Waals surface area contributed by atoms with Crippen molar-refractivity contribution in [3.05, 3.63) is 35.9 Å². The Morgan fingerprint density at radius 3 is 2.04 bits per heavy atom. The lowest BCUT2D eigenvalue weighted by atomic mass is 9.95. The smallest absolute Gasteiger partial charge is 0.169 e. The minimum Gasteiger partial charge on any atom is -0.493 e. The lowest BCUT2D eigenvalue weighted by Crippen LogP contribution is -1.99. The monoisotopic (exact) mass is 342 g/mol. The second-order valence-corrected chi connectivity index (χ2v) is 5.66. The molecule has 5 nitrogen and oxygen atoms in total. The lowest BCUT2D eigenvalue weighted by Gasteiger charge is -2.17. The second-order valence-electron chi connectivity index (χ2n) is 5.66. The molecule has 0 saturated heterocycles. The molecule has 0 bridgehead atoms. The molecule has 5 heteroatoms. The predicted octanol–water partition coefficient (Wildman–Crippen LogP) is 3.56. The molecule has 1 N–H and O–H groups in total. The van der Waals surface area contributed by atoms with E-state index in [1.807, 2.05) is 30.3 Å².